The highest BCUT2D eigenvalue weighted by molar-refractivity contribution is 7.89. The van der Waals surface area contributed by atoms with E-state index >= 15 is 0 Å². The van der Waals surface area contributed by atoms with E-state index in [2.05, 4.69) is 10.6 Å². The summed E-state index contributed by atoms with van der Waals surface area (Å²) >= 11 is 0. The highest BCUT2D eigenvalue weighted by Crippen LogP contribution is 2.14. The molecule has 2 N–H and O–H groups in total. The highest BCUT2D eigenvalue weighted by atomic mass is 32.2. The lowest BCUT2D eigenvalue weighted by atomic mass is 10.1. The third-order valence-electron chi connectivity index (χ3n) is 2.85. The van der Waals surface area contributed by atoms with Crippen molar-refractivity contribution in [2.24, 2.45) is 0 Å². The molecule has 0 atom stereocenters. The Balaban J connectivity index is 2.60. The van der Waals surface area contributed by atoms with Crippen molar-refractivity contribution in [3.63, 3.8) is 0 Å². The molecule has 2 amide bonds. The van der Waals surface area contributed by atoms with E-state index < -0.39 is 33.8 Å². The Labute approximate surface area is 141 Å². The van der Waals surface area contributed by atoms with E-state index in [9.17, 15) is 22.4 Å². The molecule has 0 aromatic heterocycles. The lowest BCUT2D eigenvalue weighted by Crippen LogP contribution is -2.47. The zero-order chi connectivity index (χ0) is 18.5. The van der Waals surface area contributed by atoms with Gasteiger partial charge in [0.1, 0.15) is 5.82 Å². The largest absolute Gasteiger partial charge is 0.350 e. The van der Waals surface area contributed by atoms with Gasteiger partial charge in [-0.3, -0.25) is 9.59 Å². The number of nitrogens with one attached hydrogen (secondary N) is 2. The number of rotatable bonds is 6. The van der Waals surface area contributed by atoms with Crippen molar-refractivity contribution in [3.8, 4) is 0 Å². The molecule has 0 fully saturated rings. The molecule has 0 aliphatic carbocycles. The van der Waals surface area contributed by atoms with Gasteiger partial charge in [-0.25, -0.2) is 12.8 Å². The van der Waals surface area contributed by atoms with Crippen LogP contribution in [-0.4, -0.2) is 50.2 Å². The van der Waals surface area contributed by atoms with E-state index in [0.717, 1.165) is 28.6 Å². The third kappa shape index (κ3) is 6.25. The fourth-order valence-electron chi connectivity index (χ4n) is 1.77. The van der Waals surface area contributed by atoms with Crippen LogP contribution in [-0.2, 0) is 19.6 Å². The number of halogens is 1. The van der Waals surface area contributed by atoms with Crippen LogP contribution in [0.25, 0.3) is 0 Å². The summed E-state index contributed by atoms with van der Waals surface area (Å²) in [6.45, 7) is 4.70. The number of hydrogen-bond acceptors (Lipinski definition) is 4. The smallest absolute Gasteiger partial charge is 0.243 e. The zero-order valence-electron chi connectivity index (χ0n) is 14.1. The summed E-state index contributed by atoms with van der Waals surface area (Å²) in [4.78, 5) is 23.3. The van der Waals surface area contributed by atoms with Gasteiger partial charge in [0, 0.05) is 12.6 Å². The van der Waals surface area contributed by atoms with Crippen LogP contribution in [0.3, 0.4) is 0 Å². The molecule has 0 saturated carbocycles. The maximum absolute atomic E-state index is 12.9. The van der Waals surface area contributed by atoms with Crippen molar-refractivity contribution in [2.75, 3.05) is 20.1 Å². The second-order valence-corrected chi connectivity index (χ2v) is 8.33. The van der Waals surface area contributed by atoms with Crippen molar-refractivity contribution in [1.82, 2.24) is 14.9 Å². The highest BCUT2D eigenvalue weighted by Gasteiger charge is 2.23. The maximum atomic E-state index is 12.9. The van der Waals surface area contributed by atoms with Crippen molar-refractivity contribution >= 4 is 21.8 Å². The lowest BCUT2D eigenvalue weighted by molar-refractivity contribution is -0.126. The summed E-state index contributed by atoms with van der Waals surface area (Å²) < 4.78 is 38.2. The van der Waals surface area contributed by atoms with Gasteiger partial charge in [-0.05, 0) is 45.0 Å². The molecule has 9 heteroatoms. The predicted octanol–water partition coefficient (Wildman–Crippen LogP) is 0.477. The zero-order valence-corrected chi connectivity index (χ0v) is 14.9. The molecule has 134 valence electrons. The topological polar surface area (TPSA) is 95.6 Å². The number of carbonyl (C=O) groups is 2. The molecule has 1 rings (SSSR count). The first kappa shape index (κ1) is 20.0. The molecule has 1 aromatic rings. The van der Waals surface area contributed by atoms with Crippen LogP contribution in [0.2, 0.25) is 0 Å². The summed E-state index contributed by atoms with van der Waals surface area (Å²) in [6.07, 6.45) is 0. The third-order valence-corrected chi connectivity index (χ3v) is 4.67. The number of benzene rings is 1. The Morgan fingerprint density at radius 1 is 1.12 bits per heavy atom. The van der Waals surface area contributed by atoms with Crippen molar-refractivity contribution in [3.05, 3.63) is 30.1 Å². The van der Waals surface area contributed by atoms with Crippen molar-refractivity contribution < 1.29 is 22.4 Å². The molecular formula is C15H22FN3O4S. The van der Waals surface area contributed by atoms with Gasteiger partial charge >= 0.3 is 0 Å². The van der Waals surface area contributed by atoms with Crippen LogP contribution in [0.5, 0.6) is 0 Å². The SMILES string of the molecule is CN(CC(=O)NCC(=O)NC(C)(C)C)S(=O)(=O)c1ccc(F)cc1. The van der Waals surface area contributed by atoms with Crippen LogP contribution in [0.1, 0.15) is 20.8 Å². The van der Waals surface area contributed by atoms with Crippen molar-refractivity contribution in [1.29, 1.82) is 0 Å². The van der Waals surface area contributed by atoms with Gasteiger partial charge in [-0.2, -0.15) is 4.31 Å². The Hall–Kier alpha value is -2.00. The van der Waals surface area contributed by atoms with E-state index in [4.69, 9.17) is 0 Å². The second kappa shape index (κ2) is 7.71. The molecule has 0 saturated heterocycles. The first-order chi connectivity index (χ1) is 10.9. The number of sulfonamides is 1. The minimum absolute atomic E-state index is 0.121. The molecule has 0 aliphatic heterocycles. The minimum atomic E-state index is -3.91. The summed E-state index contributed by atoms with van der Waals surface area (Å²) in [5.74, 6) is -1.55. The van der Waals surface area contributed by atoms with Gasteiger partial charge in [0.15, 0.2) is 0 Å². The quantitative estimate of drug-likeness (QED) is 0.772. The lowest BCUT2D eigenvalue weighted by Gasteiger charge is -2.21. The van der Waals surface area contributed by atoms with Gasteiger partial charge in [0.2, 0.25) is 21.8 Å². The van der Waals surface area contributed by atoms with E-state index in [1.165, 1.54) is 7.05 Å². The average molecular weight is 359 g/mol. The van der Waals surface area contributed by atoms with Gasteiger partial charge in [0.25, 0.3) is 0 Å². The average Bonchev–Trinajstić information content (AvgIpc) is 2.43. The van der Waals surface area contributed by atoms with Crippen LogP contribution < -0.4 is 10.6 Å². The summed E-state index contributed by atoms with van der Waals surface area (Å²) in [5.41, 5.74) is -0.426. The first-order valence-corrected chi connectivity index (χ1v) is 8.65. The molecule has 1 aromatic carbocycles. The Morgan fingerprint density at radius 2 is 1.67 bits per heavy atom. The monoisotopic (exact) mass is 359 g/mol. The van der Waals surface area contributed by atoms with Gasteiger partial charge in [-0.1, -0.05) is 0 Å². The minimum Gasteiger partial charge on any atom is -0.350 e. The second-order valence-electron chi connectivity index (χ2n) is 6.29. The fraction of sp³-hybridized carbons (Fsp3) is 0.467. The maximum Gasteiger partial charge on any atom is 0.243 e. The molecule has 0 heterocycles. The van der Waals surface area contributed by atoms with Crippen LogP contribution in [0, 0.1) is 5.82 Å². The molecule has 0 bridgehead atoms. The van der Waals surface area contributed by atoms with Crippen LogP contribution in [0.15, 0.2) is 29.2 Å². The molecule has 0 spiro atoms. The number of hydrogen-bond donors (Lipinski definition) is 2. The molecule has 0 unspecified atom stereocenters. The van der Waals surface area contributed by atoms with Gasteiger partial charge < -0.3 is 10.6 Å². The standard InChI is InChI=1S/C15H22FN3O4S/c1-15(2,3)18-13(20)9-17-14(21)10-19(4)24(22,23)12-7-5-11(16)6-8-12/h5-8H,9-10H2,1-4H3,(H,17,21)(H,18,20). The number of likely N-dealkylation sites (N-methyl/N-ethyl adjacent to an activating group) is 1. The predicted molar refractivity (Wildman–Crippen MR) is 87.1 cm³/mol. The summed E-state index contributed by atoms with van der Waals surface area (Å²) in [6, 6.07) is 4.29. The molecule has 0 radical (unpaired) electrons. The van der Waals surface area contributed by atoms with Crippen molar-refractivity contribution in [2.45, 2.75) is 31.2 Å². The fourth-order valence-corrected chi connectivity index (χ4v) is 2.90. The Morgan fingerprint density at radius 3 is 2.17 bits per heavy atom. The molecular weight excluding hydrogens is 337 g/mol. The van der Waals surface area contributed by atoms with E-state index in [1.807, 2.05) is 0 Å². The molecule has 0 aliphatic rings. The number of carbonyl (C=O) groups excluding carboxylic acids is 2. The van der Waals surface area contributed by atoms with Gasteiger partial charge in [0.05, 0.1) is 18.0 Å². The van der Waals surface area contributed by atoms with Crippen LogP contribution in [0.4, 0.5) is 4.39 Å². The van der Waals surface area contributed by atoms with E-state index in [0.29, 0.717) is 0 Å². The number of amides is 2. The Bertz CT molecular complexity index is 696. The van der Waals surface area contributed by atoms with Crippen LogP contribution >= 0.6 is 0 Å². The molecule has 7 nitrogen and oxygen atoms in total. The van der Waals surface area contributed by atoms with E-state index in [1.54, 1.807) is 20.8 Å². The van der Waals surface area contributed by atoms with E-state index in [-0.39, 0.29) is 17.3 Å². The van der Waals surface area contributed by atoms with Gasteiger partial charge in [-0.15, -0.1) is 0 Å². The normalized spacial score (nSPS) is 12.1. The Kier molecular flexibility index (Phi) is 6.44. The summed E-state index contributed by atoms with van der Waals surface area (Å²) in [5, 5.41) is 5.02. The number of nitrogens with zero attached hydrogens (tertiary/aromatic N) is 1. The molecule has 24 heavy (non-hydrogen) atoms. The summed E-state index contributed by atoms with van der Waals surface area (Å²) in [7, 11) is -2.68. The first-order valence-electron chi connectivity index (χ1n) is 7.21.